The fourth-order valence-electron chi connectivity index (χ4n) is 2.88. The van der Waals surface area contributed by atoms with Gasteiger partial charge in [-0.1, -0.05) is 25.0 Å². The van der Waals surface area contributed by atoms with Crippen LogP contribution >= 0.6 is 0 Å². The molecule has 2 atom stereocenters. The average molecular weight is 233 g/mol. The van der Waals surface area contributed by atoms with Crippen LogP contribution in [0.2, 0.25) is 0 Å². The predicted molar refractivity (Wildman–Crippen MR) is 71.1 cm³/mol. The first-order valence-corrected chi connectivity index (χ1v) is 6.72. The highest BCUT2D eigenvalue weighted by Crippen LogP contribution is 2.29. The molecule has 1 saturated carbocycles. The number of rotatable bonds is 4. The molecule has 0 radical (unpaired) electrons. The smallest absolute Gasteiger partial charge is 0.115 e. The van der Waals surface area contributed by atoms with Crippen molar-refractivity contribution in [3.8, 4) is 5.75 Å². The third-order valence-corrected chi connectivity index (χ3v) is 3.99. The van der Waals surface area contributed by atoms with Gasteiger partial charge in [0.05, 0.1) is 0 Å². The predicted octanol–water partition coefficient (Wildman–Crippen LogP) is 3.62. The van der Waals surface area contributed by atoms with E-state index in [-0.39, 0.29) is 0 Å². The van der Waals surface area contributed by atoms with Gasteiger partial charge in [0.25, 0.3) is 0 Å². The monoisotopic (exact) mass is 233 g/mol. The lowest BCUT2D eigenvalue weighted by Crippen LogP contribution is -2.34. The topological polar surface area (TPSA) is 32.3 Å². The molecule has 2 rings (SSSR count). The Balaban J connectivity index is 1.93. The van der Waals surface area contributed by atoms with Crippen molar-refractivity contribution in [1.29, 1.82) is 0 Å². The molecule has 0 amide bonds. The Kier molecular flexibility index (Phi) is 4.06. The summed E-state index contributed by atoms with van der Waals surface area (Å²) in [6.45, 7) is 4.45. The standard InChI is InChI=1S/C15H23NO/c1-11(13-6-3-4-7-13)16-12(2)14-8-5-9-15(17)10-14/h5,8-13,16-17H,3-4,6-7H2,1-2H3/t11-,12?/m1/s1. The van der Waals surface area contributed by atoms with Crippen molar-refractivity contribution in [2.45, 2.75) is 51.6 Å². The van der Waals surface area contributed by atoms with Gasteiger partial charge in [0.1, 0.15) is 5.75 Å². The van der Waals surface area contributed by atoms with E-state index < -0.39 is 0 Å². The van der Waals surface area contributed by atoms with E-state index in [0.717, 1.165) is 11.5 Å². The van der Waals surface area contributed by atoms with Gasteiger partial charge in [-0.2, -0.15) is 0 Å². The molecular formula is C15H23NO. The molecule has 0 saturated heterocycles. The fourth-order valence-corrected chi connectivity index (χ4v) is 2.88. The van der Waals surface area contributed by atoms with Gasteiger partial charge in [-0.3, -0.25) is 0 Å². The van der Waals surface area contributed by atoms with Crippen molar-refractivity contribution in [2.24, 2.45) is 5.92 Å². The van der Waals surface area contributed by atoms with E-state index in [0.29, 0.717) is 17.8 Å². The summed E-state index contributed by atoms with van der Waals surface area (Å²) in [5, 5.41) is 13.1. The minimum absolute atomic E-state index is 0.303. The maximum Gasteiger partial charge on any atom is 0.115 e. The van der Waals surface area contributed by atoms with Crippen LogP contribution in [0.15, 0.2) is 24.3 Å². The zero-order valence-corrected chi connectivity index (χ0v) is 10.8. The van der Waals surface area contributed by atoms with Crippen molar-refractivity contribution < 1.29 is 5.11 Å². The Hall–Kier alpha value is -1.02. The Bertz CT molecular complexity index is 358. The van der Waals surface area contributed by atoms with Gasteiger partial charge in [0, 0.05) is 12.1 Å². The normalized spacial score (nSPS) is 20.4. The highest BCUT2D eigenvalue weighted by atomic mass is 16.3. The second kappa shape index (κ2) is 5.54. The van der Waals surface area contributed by atoms with E-state index in [1.54, 1.807) is 6.07 Å². The van der Waals surface area contributed by atoms with E-state index in [9.17, 15) is 5.11 Å². The van der Waals surface area contributed by atoms with Gasteiger partial charge in [0.15, 0.2) is 0 Å². The molecule has 0 heterocycles. The molecule has 2 nitrogen and oxygen atoms in total. The second-order valence-corrected chi connectivity index (χ2v) is 5.32. The molecule has 1 unspecified atom stereocenters. The summed E-state index contributed by atoms with van der Waals surface area (Å²) in [4.78, 5) is 0. The van der Waals surface area contributed by atoms with Crippen LogP contribution in [0.1, 0.15) is 51.1 Å². The summed E-state index contributed by atoms with van der Waals surface area (Å²) in [7, 11) is 0. The van der Waals surface area contributed by atoms with Crippen molar-refractivity contribution in [2.75, 3.05) is 0 Å². The number of phenols is 1. The van der Waals surface area contributed by atoms with Crippen LogP contribution in [-0.2, 0) is 0 Å². The van der Waals surface area contributed by atoms with Crippen LogP contribution in [0, 0.1) is 5.92 Å². The number of benzene rings is 1. The number of phenolic OH excluding ortho intramolecular Hbond substituents is 1. The van der Waals surface area contributed by atoms with Crippen LogP contribution < -0.4 is 5.32 Å². The quantitative estimate of drug-likeness (QED) is 0.832. The molecule has 1 aliphatic rings. The van der Waals surface area contributed by atoms with Crippen molar-refractivity contribution in [3.05, 3.63) is 29.8 Å². The summed E-state index contributed by atoms with van der Waals surface area (Å²) in [6.07, 6.45) is 5.50. The minimum Gasteiger partial charge on any atom is -0.508 e. The lowest BCUT2D eigenvalue weighted by atomic mass is 9.98. The van der Waals surface area contributed by atoms with Crippen molar-refractivity contribution in [1.82, 2.24) is 5.32 Å². The molecule has 0 aromatic heterocycles. The van der Waals surface area contributed by atoms with Gasteiger partial charge < -0.3 is 10.4 Å². The first-order chi connectivity index (χ1) is 8.16. The molecule has 94 valence electrons. The molecule has 1 fully saturated rings. The number of hydrogen-bond donors (Lipinski definition) is 2. The highest BCUT2D eigenvalue weighted by Gasteiger charge is 2.22. The highest BCUT2D eigenvalue weighted by molar-refractivity contribution is 5.29. The van der Waals surface area contributed by atoms with E-state index >= 15 is 0 Å². The molecule has 1 aliphatic carbocycles. The lowest BCUT2D eigenvalue weighted by molar-refractivity contribution is 0.352. The number of aromatic hydroxyl groups is 1. The fraction of sp³-hybridized carbons (Fsp3) is 0.600. The van der Waals surface area contributed by atoms with Crippen LogP contribution in [-0.4, -0.2) is 11.1 Å². The molecule has 2 N–H and O–H groups in total. The summed E-state index contributed by atoms with van der Waals surface area (Å²) >= 11 is 0. The Labute approximate surface area is 104 Å². The van der Waals surface area contributed by atoms with Gasteiger partial charge >= 0.3 is 0 Å². The number of hydrogen-bond acceptors (Lipinski definition) is 2. The molecule has 1 aromatic carbocycles. The van der Waals surface area contributed by atoms with Crippen molar-refractivity contribution >= 4 is 0 Å². The van der Waals surface area contributed by atoms with Gasteiger partial charge in [0.2, 0.25) is 0 Å². The summed E-state index contributed by atoms with van der Waals surface area (Å²) in [6, 6.07) is 8.41. The van der Waals surface area contributed by atoms with Gasteiger partial charge in [-0.25, -0.2) is 0 Å². The first-order valence-electron chi connectivity index (χ1n) is 6.72. The summed E-state index contributed by atoms with van der Waals surface area (Å²) in [5.74, 6) is 1.18. The van der Waals surface area contributed by atoms with Crippen molar-refractivity contribution in [3.63, 3.8) is 0 Å². The van der Waals surface area contributed by atoms with E-state index in [1.807, 2.05) is 12.1 Å². The largest absolute Gasteiger partial charge is 0.508 e. The minimum atomic E-state index is 0.303. The summed E-state index contributed by atoms with van der Waals surface area (Å²) in [5.41, 5.74) is 1.16. The Morgan fingerprint density at radius 3 is 2.59 bits per heavy atom. The molecular weight excluding hydrogens is 210 g/mol. The third-order valence-electron chi connectivity index (χ3n) is 3.99. The van der Waals surface area contributed by atoms with Crippen LogP contribution in [0.25, 0.3) is 0 Å². The van der Waals surface area contributed by atoms with Crippen LogP contribution in [0.4, 0.5) is 0 Å². The third kappa shape index (κ3) is 3.22. The molecule has 0 bridgehead atoms. The lowest BCUT2D eigenvalue weighted by Gasteiger charge is -2.25. The van der Waals surface area contributed by atoms with E-state index in [1.165, 1.54) is 25.7 Å². The zero-order chi connectivity index (χ0) is 12.3. The average Bonchev–Trinajstić information content (AvgIpc) is 2.82. The maximum atomic E-state index is 9.48. The molecule has 2 heteroatoms. The Morgan fingerprint density at radius 2 is 1.94 bits per heavy atom. The van der Waals surface area contributed by atoms with Crippen LogP contribution in [0.5, 0.6) is 5.75 Å². The SMILES string of the molecule is CC(N[C@H](C)C1CCCC1)c1cccc(O)c1. The van der Waals surface area contributed by atoms with Crippen LogP contribution in [0.3, 0.4) is 0 Å². The molecule has 0 spiro atoms. The molecule has 17 heavy (non-hydrogen) atoms. The maximum absolute atomic E-state index is 9.48. The molecule has 0 aliphatic heterocycles. The second-order valence-electron chi connectivity index (χ2n) is 5.32. The van der Waals surface area contributed by atoms with Gasteiger partial charge in [-0.05, 0) is 50.3 Å². The molecule has 1 aromatic rings. The zero-order valence-electron chi connectivity index (χ0n) is 10.8. The summed E-state index contributed by atoms with van der Waals surface area (Å²) < 4.78 is 0. The van der Waals surface area contributed by atoms with E-state index in [4.69, 9.17) is 0 Å². The van der Waals surface area contributed by atoms with E-state index in [2.05, 4.69) is 25.2 Å². The van der Waals surface area contributed by atoms with Gasteiger partial charge in [-0.15, -0.1) is 0 Å². The number of nitrogens with one attached hydrogen (secondary N) is 1. The Morgan fingerprint density at radius 1 is 1.24 bits per heavy atom. The first kappa shape index (κ1) is 12.4.